The molecule has 6 nitrogen and oxygen atoms in total. The van der Waals surface area contributed by atoms with Crippen LogP contribution in [0.5, 0.6) is 0 Å². The van der Waals surface area contributed by atoms with Gasteiger partial charge in [-0.05, 0) is 61.4 Å². The molecule has 0 atom stereocenters. The maximum atomic E-state index is 12.9. The number of benzene rings is 2. The predicted molar refractivity (Wildman–Crippen MR) is 118 cm³/mol. The van der Waals surface area contributed by atoms with Crippen LogP contribution in [0.1, 0.15) is 27.2 Å². The van der Waals surface area contributed by atoms with E-state index >= 15 is 0 Å². The lowest BCUT2D eigenvalue weighted by molar-refractivity contribution is 0.0796. The van der Waals surface area contributed by atoms with Gasteiger partial charge in [-0.2, -0.15) is 0 Å². The molecule has 0 saturated carbocycles. The minimum absolute atomic E-state index is 0.0907. The van der Waals surface area contributed by atoms with Crippen LogP contribution in [0.25, 0.3) is 0 Å². The number of sulfonamides is 1. The van der Waals surface area contributed by atoms with E-state index in [1.807, 2.05) is 31.2 Å². The Kier molecular flexibility index (Phi) is 6.52. The summed E-state index contributed by atoms with van der Waals surface area (Å²) in [7, 11) is -2.13. The second-order valence-electron chi connectivity index (χ2n) is 7.25. The maximum absolute atomic E-state index is 12.9. The lowest BCUT2D eigenvalue weighted by atomic mass is 10.1. The number of likely N-dealkylation sites (N-methyl/N-ethyl adjacent to an activating group) is 1. The highest BCUT2D eigenvalue weighted by molar-refractivity contribution is 7.92. The summed E-state index contributed by atoms with van der Waals surface area (Å²) in [6.45, 7) is 4.08. The normalized spacial score (nSPS) is 11.2. The third-order valence-electron chi connectivity index (χ3n) is 4.77. The van der Waals surface area contributed by atoms with Crippen molar-refractivity contribution >= 4 is 21.6 Å². The maximum Gasteiger partial charge on any atom is 0.262 e. The van der Waals surface area contributed by atoms with Crippen molar-refractivity contribution in [2.75, 3.05) is 18.3 Å². The van der Waals surface area contributed by atoms with Crippen molar-refractivity contribution in [1.82, 2.24) is 9.88 Å². The van der Waals surface area contributed by atoms with Crippen LogP contribution in [0.4, 0.5) is 5.69 Å². The molecular weight excluding hydrogens is 398 g/mol. The first-order chi connectivity index (χ1) is 14.3. The molecule has 2 aromatic carbocycles. The molecule has 0 saturated heterocycles. The van der Waals surface area contributed by atoms with E-state index in [2.05, 4.69) is 9.71 Å². The van der Waals surface area contributed by atoms with Crippen LogP contribution < -0.4 is 4.72 Å². The molecule has 156 valence electrons. The minimum atomic E-state index is -3.83. The molecule has 3 aromatic rings. The van der Waals surface area contributed by atoms with Gasteiger partial charge in [-0.1, -0.05) is 24.3 Å². The van der Waals surface area contributed by atoms with E-state index in [1.165, 1.54) is 6.07 Å². The van der Waals surface area contributed by atoms with Gasteiger partial charge in [0, 0.05) is 43.2 Å². The van der Waals surface area contributed by atoms with Gasteiger partial charge in [0.1, 0.15) is 0 Å². The quantitative estimate of drug-likeness (QED) is 0.627. The van der Waals surface area contributed by atoms with Crippen LogP contribution in [-0.4, -0.2) is 37.8 Å². The molecule has 0 radical (unpaired) electrons. The van der Waals surface area contributed by atoms with E-state index in [1.54, 1.807) is 55.4 Å². The molecule has 0 fully saturated rings. The molecule has 0 aliphatic heterocycles. The Morgan fingerprint density at radius 2 is 1.83 bits per heavy atom. The zero-order valence-electron chi connectivity index (χ0n) is 17.3. The van der Waals surface area contributed by atoms with Gasteiger partial charge in [0.05, 0.1) is 4.90 Å². The fourth-order valence-corrected chi connectivity index (χ4v) is 4.41. The molecule has 1 N–H and O–H groups in total. The summed E-state index contributed by atoms with van der Waals surface area (Å²) in [4.78, 5) is 18.8. The van der Waals surface area contributed by atoms with Crippen LogP contribution in [0.3, 0.4) is 0 Å². The summed E-state index contributed by atoms with van der Waals surface area (Å²) in [5, 5.41) is 0. The molecule has 1 heterocycles. The van der Waals surface area contributed by atoms with Gasteiger partial charge in [0.25, 0.3) is 15.9 Å². The van der Waals surface area contributed by atoms with Crippen LogP contribution in [0.2, 0.25) is 0 Å². The van der Waals surface area contributed by atoms with Crippen LogP contribution >= 0.6 is 0 Å². The van der Waals surface area contributed by atoms with E-state index in [4.69, 9.17) is 0 Å². The zero-order chi connectivity index (χ0) is 21.7. The standard InChI is InChI=1S/C23H25N3O3S/c1-17-7-6-9-21(15-17)25-30(28,29)22-16-19(11-10-18(22)2)23(27)26(3)14-12-20-8-4-5-13-24-20/h4-11,13,15-16,25H,12,14H2,1-3H3. The molecule has 0 unspecified atom stereocenters. The summed E-state index contributed by atoms with van der Waals surface area (Å²) < 4.78 is 28.5. The van der Waals surface area contributed by atoms with Gasteiger partial charge >= 0.3 is 0 Å². The third-order valence-corrected chi connectivity index (χ3v) is 6.29. The minimum Gasteiger partial charge on any atom is -0.341 e. The Morgan fingerprint density at radius 1 is 1.03 bits per heavy atom. The second-order valence-corrected chi connectivity index (χ2v) is 8.90. The Morgan fingerprint density at radius 3 is 2.53 bits per heavy atom. The predicted octanol–water partition coefficient (Wildman–Crippen LogP) is 3.81. The van der Waals surface area contributed by atoms with Crippen molar-refractivity contribution in [3.8, 4) is 0 Å². The molecule has 0 aliphatic rings. The summed E-state index contributed by atoms with van der Waals surface area (Å²) in [5.74, 6) is -0.238. The van der Waals surface area contributed by atoms with Crippen molar-refractivity contribution in [2.24, 2.45) is 0 Å². The van der Waals surface area contributed by atoms with E-state index in [9.17, 15) is 13.2 Å². The smallest absolute Gasteiger partial charge is 0.262 e. The van der Waals surface area contributed by atoms with Crippen molar-refractivity contribution in [3.63, 3.8) is 0 Å². The van der Waals surface area contributed by atoms with E-state index in [-0.39, 0.29) is 10.8 Å². The number of nitrogens with zero attached hydrogens (tertiary/aromatic N) is 2. The highest BCUT2D eigenvalue weighted by atomic mass is 32.2. The van der Waals surface area contributed by atoms with Gasteiger partial charge in [-0.25, -0.2) is 8.42 Å². The molecule has 0 bridgehead atoms. The molecule has 30 heavy (non-hydrogen) atoms. The van der Waals surface area contributed by atoms with Crippen molar-refractivity contribution in [2.45, 2.75) is 25.2 Å². The van der Waals surface area contributed by atoms with Crippen LogP contribution in [0.15, 0.2) is 71.8 Å². The van der Waals surface area contributed by atoms with Crippen molar-refractivity contribution in [1.29, 1.82) is 0 Å². The van der Waals surface area contributed by atoms with Crippen molar-refractivity contribution < 1.29 is 13.2 Å². The van der Waals surface area contributed by atoms with E-state index in [0.717, 1.165) is 11.3 Å². The van der Waals surface area contributed by atoms with Crippen LogP contribution in [-0.2, 0) is 16.4 Å². The summed E-state index contributed by atoms with van der Waals surface area (Å²) in [6, 6.07) is 17.5. The SMILES string of the molecule is Cc1cccc(NS(=O)(=O)c2cc(C(=O)N(C)CCc3ccccn3)ccc2C)c1. The first-order valence-electron chi connectivity index (χ1n) is 9.62. The highest BCUT2D eigenvalue weighted by Gasteiger charge is 2.21. The number of rotatable bonds is 7. The van der Waals surface area contributed by atoms with Gasteiger partial charge in [-0.15, -0.1) is 0 Å². The number of amides is 1. The lowest BCUT2D eigenvalue weighted by Gasteiger charge is -2.18. The van der Waals surface area contributed by atoms with E-state index in [0.29, 0.717) is 29.8 Å². The lowest BCUT2D eigenvalue weighted by Crippen LogP contribution is -2.29. The molecule has 0 aliphatic carbocycles. The first kappa shape index (κ1) is 21.5. The summed E-state index contributed by atoms with van der Waals surface area (Å²) in [6.07, 6.45) is 2.34. The summed E-state index contributed by atoms with van der Waals surface area (Å²) >= 11 is 0. The van der Waals surface area contributed by atoms with Crippen LogP contribution in [0, 0.1) is 13.8 Å². The molecular formula is C23H25N3O3S. The molecule has 0 spiro atoms. The number of aryl methyl sites for hydroxylation is 2. The van der Waals surface area contributed by atoms with Gasteiger partial charge in [0.2, 0.25) is 0 Å². The first-order valence-corrected chi connectivity index (χ1v) is 11.1. The monoisotopic (exact) mass is 423 g/mol. The molecule has 1 amide bonds. The number of nitrogens with one attached hydrogen (secondary N) is 1. The second kappa shape index (κ2) is 9.09. The van der Waals surface area contributed by atoms with Gasteiger partial charge in [0.15, 0.2) is 0 Å². The van der Waals surface area contributed by atoms with Crippen molar-refractivity contribution in [3.05, 3.63) is 89.2 Å². The number of carbonyl (C=O) groups is 1. The number of anilines is 1. The highest BCUT2D eigenvalue weighted by Crippen LogP contribution is 2.22. The number of pyridine rings is 1. The molecule has 1 aromatic heterocycles. The Labute approximate surface area is 177 Å². The fraction of sp³-hybridized carbons (Fsp3) is 0.217. The number of hydrogen-bond donors (Lipinski definition) is 1. The number of carbonyl (C=O) groups excluding carboxylic acids is 1. The largest absolute Gasteiger partial charge is 0.341 e. The number of aromatic nitrogens is 1. The Balaban J connectivity index is 1.79. The molecule has 3 rings (SSSR count). The van der Waals surface area contributed by atoms with Gasteiger partial charge < -0.3 is 4.90 Å². The topological polar surface area (TPSA) is 79.4 Å². The number of hydrogen-bond acceptors (Lipinski definition) is 4. The Bertz CT molecular complexity index is 1150. The fourth-order valence-electron chi connectivity index (χ4n) is 3.09. The van der Waals surface area contributed by atoms with Gasteiger partial charge in [-0.3, -0.25) is 14.5 Å². The zero-order valence-corrected chi connectivity index (χ0v) is 18.1. The Hall–Kier alpha value is -3.19. The average Bonchev–Trinajstić information content (AvgIpc) is 2.72. The summed E-state index contributed by atoms with van der Waals surface area (Å²) in [5.41, 5.74) is 3.23. The van der Waals surface area contributed by atoms with E-state index < -0.39 is 10.0 Å². The third kappa shape index (κ3) is 5.24. The molecule has 7 heteroatoms. The average molecular weight is 424 g/mol.